The molecular weight excluding hydrogens is 510 g/mol. The van der Waals surface area contributed by atoms with Gasteiger partial charge in [-0.2, -0.15) is 0 Å². The molecule has 0 radical (unpaired) electrons. The second kappa shape index (κ2) is 11.6. The highest BCUT2D eigenvalue weighted by molar-refractivity contribution is 8.12. The van der Waals surface area contributed by atoms with Crippen LogP contribution in [0.25, 0.3) is 15.7 Å². The van der Waals surface area contributed by atoms with E-state index >= 15 is 0 Å². The summed E-state index contributed by atoms with van der Waals surface area (Å²) >= 11 is 1.32. The molecule has 2 aliphatic rings. The predicted molar refractivity (Wildman–Crippen MR) is 156 cm³/mol. The summed E-state index contributed by atoms with van der Waals surface area (Å²) in [4.78, 5) is 14.5. The van der Waals surface area contributed by atoms with Crippen molar-refractivity contribution in [3.05, 3.63) is 105 Å². The normalized spacial score (nSPS) is 17.0. The molecule has 0 bridgehead atoms. The minimum atomic E-state index is -1.14. The second-order valence-corrected chi connectivity index (χ2v) is 10.7. The van der Waals surface area contributed by atoms with Crippen molar-refractivity contribution in [3.8, 4) is 5.75 Å². The zero-order chi connectivity index (χ0) is 27.5. The third-order valence-corrected chi connectivity index (χ3v) is 8.29. The molecule has 3 aromatic carbocycles. The van der Waals surface area contributed by atoms with Gasteiger partial charge < -0.3 is 19.7 Å². The molecule has 0 fully saturated rings. The van der Waals surface area contributed by atoms with Crippen LogP contribution in [0.3, 0.4) is 0 Å². The van der Waals surface area contributed by atoms with Gasteiger partial charge in [-0.05, 0) is 59.0 Å². The molecule has 1 atom stereocenters. The number of hydrogen-bond donors (Lipinski definition) is 2. The summed E-state index contributed by atoms with van der Waals surface area (Å²) in [5.41, 5.74) is 3.65. The summed E-state index contributed by atoms with van der Waals surface area (Å²) in [5, 5.41) is 24.3. The number of allylic oxidation sites excluding steroid dienone is 1. The van der Waals surface area contributed by atoms with Crippen molar-refractivity contribution in [2.75, 3.05) is 13.7 Å². The topological polar surface area (TPSA) is 79.2 Å². The summed E-state index contributed by atoms with van der Waals surface area (Å²) < 4.78 is 11.8. The van der Waals surface area contributed by atoms with E-state index in [1.807, 2.05) is 43.3 Å². The van der Waals surface area contributed by atoms with Crippen LogP contribution in [0.1, 0.15) is 42.9 Å². The number of ether oxygens (including phenoxy) is 2. The number of methoxy groups -OCH3 is 1. The maximum absolute atomic E-state index is 12.5. The summed E-state index contributed by atoms with van der Waals surface area (Å²) in [6.07, 6.45) is 4.34. The van der Waals surface area contributed by atoms with Crippen molar-refractivity contribution in [1.82, 2.24) is 4.90 Å². The monoisotopic (exact) mass is 543 g/mol. The number of rotatable bonds is 10. The van der Waals surface area contributed by atoms with E-state index in [9.17, 15) is 15.0 Å². The highest BCUT2D eigenvalue weighted by atomic mass is 32.2. The molecule has 2 heterocycles. The minimum absolute atomic E-state index is 0.0357. The second-order valence-electron chi connectivity index (χ2n) is 9.75. The molecule has 2 aliphatic heterocycles. The van der Waals surface area contributed by atoms with Crippen LogP contribution in [0.15, 0.2) is 88.8 Å². The lowest BCUT2D eigenvalue weighted by Crippen LogP contribution is -2.36. The largest absolute Gasteiger partial charge is 0.494 e. The number of hydrogen-bond acceptors (Lipinski definition) is 6. The van der Waals surface area contributed by atoms with Gasteiger partial charge in [-0.25, -0.2) is 4.79 Å². The molecule has 0 aromatic heterocycles. The Morgan fingerprint density at radius 3 is 2.62 bits per heavy atom. The van der Waals surface area contributed by atoms with E-state index in [-0.39, 0.29) is 5.70 Å². The van der Waals surface area contributed by atoms with Gasteiger partial charge in [-0.1, -0.05) is 80.1 Å². The lowest BCUT2D eigenvalue weighted by atomic mass is 9.96. The summed E-state index contributed by atoms with van der Waals surface area (Å²) in [5.74, 6) is 0.258. The highest BCUT2D eigenvalue weighted by Gasteiger charge is 2.42. The van der Waals surface area contributed by atoms with E-state index in [0.29, 0.717) is 28.7 Å². The van der Waals surface area contributed by atoms with Gasteiger partial charge in [0, 0.05) is 12.0 Å². The van der Waals surface area contributed by atoms with Gasteiger partial charge in [0.2, 0.25) is 0 Å². The van der Waals surface area contributed by atoms with Gasteiger partial charge in [-0.15, -0.1) is 0 Å². The van der Waals surface area contributed by atoms with Crippen molar-refractivity contribution >= 4 is 33.4 Å². The van der Waals surface area contributed by atoms with Crippen LogP contribution < -0.4 is 4.74 Å². The number of aliphatic hydroxyl groups is 1. The smallest absolute Gasteiger partial charge is 0.353 e. The van der Waals surface area contributed by atoms with E-state index in [4.69, 9.17) is 9.47 Å². The minimum Gasteiger partial charge on any atom is -0.494 e. The van der Waals surface area contributed by atoms with Crippen molar-refractivity contribution in [1.29, 1.82) is 0 Å². The Bertz CT molecular complexity index is 1500. The fraction of sp³-hybridized carbons (Fsp3) is 0.281. The number of aliphatic hydroxyl groups excluding tert-OH is 1. The molecule has 6 nitrogen and oxygen atoms in total. The van der Waals surface area contributed by atoms with Gasteiger partial charge in [-0.3, -0.25) is 4.90 Å². The molecule has 202 valence electrons. The molecule has 7 heteroatoms. The van der Waals surface area contributed by atoms with Crippen molar-refractivity contribution in [2.45, 2.75) is 45.8 Å². The van der Waals surface area contributed by atoms with Crippen molar-refractivity contribution in [2.24, 2.45) is 0 Å². The number of unbranched alkanes of at least 4 members (excludes halogenated alkanes) is 2. The highest BCUT2D eigenvalue weighted by Crippen LogP contribution is 2.52. The first kappa shape index (κ1) is 26.9. The molecule has 1 unspecified atom stereocenters. The number of carbonyl (C=O) groups is 1. The number of carboxylic acids is 1. The number of thioether (sulfide) groups is 1. The lowest BCUT2D eigenvalue weighted by Gasteiger charge is -2.31. The van der Waals surface area contributed by atoms with Crippen LogP contribution in [0, 0.1) is 6.92 Å². The zero-order valence-electron chi connectivity index (χ0n) is 22.4. The average molecular weight is 544 g/mol. The molecule has 0 aliphatic carbocycles. The van der Waals surface area contributed by atoms with E-state index in [0.717, 1.165) is 58.0 Å². The number of carboxylic acid groups (broad SMARTS) is 1. The fourth-order valence-corrected chi connectivity index (χ4v) is 6.50. The molecule has 3 aromatic rings. The number of benzene rings is 3. The standard InChI is InChI=1S/C32H33NO5S/c1-4-5-8-16-38-26-15-14-23(17-20(26)2)30-28(32(35)36)33-27(34)19-24(29(37-3)31(33)39-30)18-22-12-9-11-21-10-6-7-13-25(21)22/h6-7,9-15,17,19,27,34H,4-5,8,16,18H2,1-3H3,(H,35,36). The molecule has 0 spiro atoms. The first-order chi connectivity index (χ1) is 18.9. The third kappa shape index (κ3) is 5.29. The van der Waals surface area contributed by atoms with Gasteiger partial charge in [0.25, 0.3) is 0 Å². The average Bonchev–Trinajstić information content (AvgIpc) is 3.34. The molecule has 2 N–H and O–H groups in total. The number of fused-ring (bicyclic) bond motifs is 2. The SMILES string of the molecule is CCCCCOc1ccc(C2=C(C(=O)O)N3C(=C(OC)C(Cc4cccc5ccccc45)=CC3O)S2)cc1C. The quantitative estimate of drug-likeness (QED) is 0.271. The first-order valence-corrected chi connectivity index (χ1v) is 14.1. The van der Waals surface area contributed by atoms with Gasteiger partial charge in [0.15, 0.2) is 12.0 Å². The Kier molecular flexibility index (Phi) is 8.00. The van der Waals surface area contributed by atoms with E-state index < -0.39 is 12.2 Å². The van der Waals surface area contributed by atoms with Crippen molar-refractivity contribution in [3.63, 3.8) is 0 Å². The zero-order valence-corrected chi connectivity index (χ0v) is 23.3. The Labute approximate surface area is 233 Å². The molecular formula is C32H33NO5S. The number of nitrogens with zero attached hydrogens (tertiary/aromatic N) is 1. The number of aliphatic carboxylic acids is 1. The lowest BCUT2D eigenvalue weighted by molar-refractivity contribution is -0.135. The molecule has 0 saturated heterocycles. The molecule has 0 amide bonds. The van der Waals surface area contributed by atoms with E-state index in [1.54, 1.807) is 13.2 Å². The van der Waals surface area contributed by atoms with E-state index in [1.165, 1.54) is 16.7 Å². The van der Waals surface area contributed by atoms with Crippen LogP contribution in [0.5, 0.6) is 5.75 Å². The first-order valence-electron chi connectivity index (χ1n) is 13.3. The summed E-state index contributed by atoms with van der Waals surface area (Å²) in [6, 6.07) is 20.1. The third-order valence-electron chi connectivity index (χ3n) is 7.08. The predicted octanol–water partition coefficient (Wildman–Crippen LogP) is 6.84. The fourth-order valence-electron chi connectivity index (χ4n) is 5.17. The van der Waals surface area contributed by atoms with Crippen molar-refractivity contribution < 1.29 is 24.5 Å². The Balaban J connectivity index is 1.48. The molecule has 5 rings (SSSR count). The van der Waals surface area contributed by atoms with Gasteiger partial charge >= 0.3 is 5.97 Å². The van der Waals surface area contributed by atoms with Crippen LogP contribution in [-0.4, -0.2) is 41.0 Å². The van der Waals surface area contributed by atoms with Gasteiger partial charge in [0.05, 0.1) is 18.6 Å². The summed E-state index contributed by atoms with van der Waals surface area (Å²) in [7, 11) is 1.59. The van der Waals surface area contributed by atoms with Gasteiger partial charge in [0.1, 0.15) is 16.5 Å². The van der Waals surface area contributed by atoms with Crippen LogP contribution in [-0.2, 0) is 16.0 Å². The number of aryl methyl sites for hydroxylation is 1. The Morgan fingerprint density at radius 1 is 1.08 bits per heavy atom. The Morgan fingerprint density at radius 2 is 1.87 bits per heavy atom. The van der Waals surface area contributed by atoms with Crippen LogP contribution in [0.2, 0.25) is 0 Å². The Hall–Kier alpha value is -3.68. The summed E-state index contributed by atoms with van der Waals surface area (Å²) in [6.45, 7) is 4.77. The van der Waals surface area contributed by atoms with Crippen LogP contribution >= 0.6 is 11.8 Å². The maximum Gasteiger partial charge on any atom is 0.353 e. The maximum atomic E-state index is 12.5. The molecule has 0 saturated carbocycles. The van der Waals surface area contributed by atoms with Crippen LogP contribution in [0.4, 0.5) is 0 Å². The van der Waals surface area contributed by atoms with E-state index in [2.05, 4.69) is 31.2 Å². The molecule has 39 heavy (non-hydrogen) atoms.